The fraction of sp³-hybridized carbons (Fsp3) is 0.200. The van der Waals surface area contributed by atoms with Gasteiger partial charge in [0.05, 0.1) is 33.8 Å². The number of nitrogens with one attached hydrogen (secondary N) is 1. The molecule has 6 aromatic heterocycles. The van der Waals surface area contributed by atoms with Crippen LogP contribution in [0.4, 0.5) is 39.5 Å². The summed E-state index contributed by atoms with van der Waals surface area (Å²) in [5.41, 5.74) is 1.40. The lowest BCUT2D eigenvalue weighted by Crippen LogP contribution is -2.08. The zero-order valence-corrected chi connectivity index (χ0v) is 40.1. The fourth-order valence-electron chi connectivity index (χ4n) is 6.61. The number of rotatable bonds is 12. The van der Waals surface area contributed by atoms with E-state index in [4.69, 9.17) is 44.3 Å². The molecule has 9 aromatic rings. The highest BCUT2D eigenvalue weighted by Crippen LogP contribution is 2.38. The van der Waals surface area contributed by atoms with Crippen molar-refractivity contribution in [1.29, 1.82) is 0 Å². The van der Waals surface area contributed by atoms with Crippen molar-refractivity contribution >= 4 is 34.8 Å². The molecule has 0 unspecified atom stereocenters. The van der Waals surface area contributed by atoms with Gasteiger partial charge in [-0.2, -0.15) is 54.9 Å². The second-order valence-electron chi connectivity index (χ2n) is 14.7. The maximum absolute atomic E-state index is 13.1. The van der Waals surface area contributed by atoms with E-state index in [0.29, 0.717) is 47.4 Å². The molecule has 1 N–H and O–H groups in total. The number of aromatic nitrogens is 15. The van der Waals surface area contributed by atoms with Gasteiger partial charge in [-0.1, -0.05) is 46.8 Å². The Kier molecular flexibility index (Phi) is 17.3. The lowest BCUT2D eigenvalue weighted by atomic mass is 10.0. The van der Waals surface area contributed by atoms with Crippen molar-refractivity contribution in [2.75, 3.05) is 13.2 Å². The summed E-state index contributed by atoms with van der Waals surface area (Å²) in [5.74, 6) is 0. The number of hydrogen-bond donors (Lipinski definition) is 1. The SMILES string of the molecule is CCOCn1nnc(-c2cccc(C(F)(F)F)c2)c1-c1ccnc(Cl)n1.CCOCn1nnc(-c2ccnc(Cl)n2)c1-c1cccc(C(F)(F)F)c1.FC(F)(F)c1cccc(-c2n[nH]nc2-c2ccnc(Cl)n2)c1. The van der Waals surface area contributed by atoms with E-state index < -0.39 is 35.2 Å². The van der Waals surface area contributed by atoms with Crippen molar-refractivity contribution < 1.29 is 49.0 Å². The number of ether oxygens (including phenoxy) is 2. The zero-order valence-electron chi connectivity index (χ0n) is 37.8. The van der Waals surface area contributed by atoms with Crippen LogP contribution < -0.4 is 0 Å². The number of alkyl halides is 9. The Morgan fingerprint density at radius 2 is 0.865 bits per heavy atom. The molecule has 0 bridgehead atoms. The van der Waals surface area contributed by atoms with Gasteiger partial charge >= 0.3 is 18.5 Å². The van der Waals surface area contributed by atoms with Crippen LogP contribution in [-0.2, 0) is 41.5 Å². The van der Waals surface area contributed by atoms with Gasteiger partial charge in [0.1, 0.15) is 47.6 Å². The van der Waals surface area contributed by atoms with Crippen molar-refractivity contribution in [3.8, 4) is 67.9 Å². The average Bonchev–Trinajstić information content (AvgIpc) is 4.15. The maximum Gasteiger partial charge on any atom is 0.416 e. The largest absolute Gasteiger partial charge is 0.416 e. The number of hydrogen-bond acceptors (Lipinski definition) is 14. The number of benzene rings is 3. The second kappa shape index (κ2) is 23.6. The van der Waals surface area contributed by atoms with E-state index in [-0.39, 0.29) is 63.1 Å². The van der Waals surface area contributed by atoms with Crippen LogP contribution in [0.2, 0.25) is 15.9 Å². The van der Waals surface area contributed by atoms with Crippen LogP contribution in [0.3, 0.4) is 0 Å². The molecule has 3 aromatic carbocycles. The van der Waals surface area contributed by atoms with Gasteiger partial charge in [-0.05, 0) is 103 Å². The molecule has 0 saturated heterocycles. The molecule has 29 heteroatoms. The van der Waals surface area contributed by atoms with Crippen LogP contribution in [0.25, 0.3) is 67.9 Å². The summed E-state index contributed by atoms with van der Waals surface area (Å²) < 4.78 is 130. The average molecular weight is 1090 g/mol. The molecule has 0 spiro atoms. The molecule has 0 atom stereocenters. The van der Waals surface area contributed by atoms with Crippen molar-refractivity contribution in [2.24, 2.45) is 0 Å². The summed E-state index contributed by atoms with van der Waals surface area (Å²) in [6.07, 6.45) is -9.06. The number of halogens is 12. The summed E-state index contributed by atoms with van der Waals surface area (Å²) in [6.45, 7) is 4.56. The number of H-pyrrole nitrogens is 1. The quantitative estimate of drug-likeness (QED) is 0.0895. The molecular weight excluding hydrogens is 1060 g/mol. The maximum atomic E-state index is 13.1. The van der Waals surface area contributed by atoms with Gasteiger partial charge in [-0.25, -0.2) is 39.3 Å². The Balaban J connectivity index is 0.000000163. The van der Waals surface area contributed by atoms with Crippen molar-refractivity contribution in [2.45, 2.75) is 45.8 Å². The van der Waals surface area contributed by atoms with E-state index in [1.165, 1.54) is 58.3 Å². The highest BCUT2D eigenvalue weighted by molar-refractivity contribution is 6.28. The van der Waals surface area contributed by atoms with Crippen molar-refractivity contribution in [3.63, 3.8) is 0 Å². The highest BCUT2D eigenvalue weighted by Gasteiger charge is 2.33. The molecule has 0 saturated carbocycles. The van der Waals surface area contributed by atoms with Gasteiger partial charge in [-0.3, -0.25) is 0 Å². The van der Waals surface area contributed by atoms with Gasteiger partial charge in [-0.15, -0.1) is 10.2 Å². The summed E-state index contributed by atoms with van der Waals surface area (Å²) in [5, 5.41) is 26.3. The molecule has 74 heavy (non-hydrogen) atoms. The third-order valence-corrected chi connectivity index (χ3v) is 10.4. The standard InChI is InChI=1S/2C16H13ClF3N5O.C13H7ClF3N5/c1-2-26-9-25-14(10-4-3-5-11(8-10)16(18,19)20)13(23-24-25)12-6-7-21-15(17)22-12;1-2-26-9-25-14(12-6-7-21-15(17)22-12)13(23-24-25)10-4-3-5-11(8-10)16(18,19)20;14-12-18-5-4-9(19-12)11-10(20-22-21-11)7-2-1-3-8(6-7)13(15,16)17/h2*3-8H,2,9H2,1H3;1-6H,(H,20,21,22). The Bertz CT molecular complexity index is 3330. The van der Waals surface area contributed by atoms with Crippen molar-refractivity contribution in [3.05, 3.63) is 142 Å². The molecular formula is C45H33Cl3F9N15O2. The molecule has 17 nitrogen and oxygen atoms in total. The topological polar surface area (TPSA) is 199 Å². The summed E-state index contributed by atoms with van der Waals surface area (Å²) in [4.78, 5) is 23.5. The molecule has 0 aliphatic carbocycles. The lowest BCUT2D eigenvalue weighted by Gasteiger charge is -2.11. The first-order chi connectivity index (χ1) is 35.2. The monoisotopic (exact) mass is 1090 g/mol. The van der Waals surface area contributed by atoms with Gasteiger partial charge in [0.15, 0.2) is 0 Å². The first-order valence-electron chi connectivity index (χ1n) is 21.2. The number of aromatic amines is 1. The Hall–Kier alpha value is -7.52. The van der Waals surface area contributed by atoms with E-state index in [2.05, 4.69) is 65.9 Å². The van der Waals surface area contributed by atoms with E-state index in [9.17, 15) is 39.5 Å². The van der Waals surface area contributed by atoms with Crippen molar-refractivity contribution in [1.82, 2.24) is 75.3 Å². The minimum atomic E-state index is -4.47. The fourth-order valence-corrected chi connectivity index (χ4v) is 7.05. The number of nitrogens with zero attached hydrogens (tertiary/aromatic N) is 14. The van der Waals surface area contributed by atoms with Crippen LogP contribution in [0.1, 0.15) is 30.5 Å². The molecule has 6 heterocycles. The Morgan fingerprint density at radius 1 is 0.473 bits per heavy atom. The molecule has 0 fully saturated rings. The molecule has 0 aliphatic rings. The van der Waals surface area contributed by atoms with Gasteiger partial charge in [0.25, 0.3) is 0 Å². The molecule has 0 aliphatic heterocycles. The Labute approximate surface area is 426 Å². The van der Waals surface area contributed by atoms with Crippen LogP contribution in [0.15, 0.2) is 110 Å². The third kappa shape index (κ3) is 13.5. The molecule has 9 rings (SSSR count). The molecule has 384 valence electrons. The Morgan fingerprint density at radius 3 is 1.34 bits per heavy atom. The van der Waals surface area contributed by atoms with Crippen LogP contribution >= 0.6 is 34.8 Å². The first kappa shape index (κ1) is 54.3. The normalized spacial score (nSPS) is 11.7. The van der Waals surface area contributed by atoms with Crippen LogP contribution in [0.5, 0.6) is 0 Å². The smallest absolute Gasteiger partial charge is 0.359 e. The van der Waals surface area contributed by atoms with Crippen LogP contribution in [-0.4, -0.2) is 88.5 Å². The zero-order chi connectivity index (χ0) is 53.2. The van der Waals surface area contributed by atoms with Gasteiger partial charge in [0, 0.05) is 48.5 Å². The first-order valence-corrected chi connectivity index (χ1v) is 22.3. The lowest BCUT2D eigenvalue weighted by molar-refractivity contribution is -0.138. The minimum absolute atomic E-state index is 0.00153. The predicted molar refractivity (Wildman–Crippen MR) is 249 cm³/mol. The van der Waals surface area contributed by atoms with E-state index >= 15 is 0 Å². The van der Waals surface area contributed by atoms with E-state index in [1.54, 1.807) is 31.2 Å². The van der Waals surface area contributed by atoms with Crippen LogP contribution in [0, 0.1) is 0 Å². The van der Waals surface area contributed by atoms with E-state index in [0.717, 1.165) is 36.4 Å². The second-order valence-corrected chi connectivity index (χ2v) is 15.7. The van der Waals surface area contributed by atoms with Gasteiger partial charge < -0.3 is 9.47 Å². The molecule has 0 amide bonds. The summed E-state index contributed by atoms with van der Waals surface area (Å²) in [7, 11) is 0. The minimum Gasteiger partial charge on any atom is -0.359 e. The predicted octanol–water partition coefficient (Wildman–Crippen LogP) is 11.7. The summed E-state index contributed by atoms with van der Waals surface area (Å²) >= 11 is 17.4. The third-order valence-electron chi connectivity index (χ3n) is 9.85. The highest BCUT2D eigenvalue weighted by atomic mass is 35.5. The molecule has 0 radical (unpaired) electrons. The summed E-state index contributed by atoms with van der Waals surface area (Å²) in [6, 6.07) is 19.2. The van der Waals surface area contributed by atoms with E-state index in [1.807, 2.05) is 6.92 Å². The van der Waals surface area contributed by atoms with Gasteiger partial charge in [0.2, 0.25) is 15.9 Å².